The molecule has 0 N–H and O–H groups in total. The van der Waals surface area contributed by atoms with Crippen LogP contribution in [0.2, 0.25) is 0 Å². The summed E-state index contributed by atoms with van der Waals surface area (Å²) in [4.78, 5) is 0. The molecule has 0 spiro atoms. The summed E-state index contributed by atoms with van der Waals surface area (Å²) in [7, 11) is 0. The van der Waals surface area contributed by atoms with Gasteiger partial charge in [0.15, 0.2) is 0 Å². The Kier molecular flexibility index (Phi) is 14.3. The Bertz CT molecular complexity index is 187. The Morgan fingerprint density at radius 3 is 1.72 bits per heavy atom. The van der Waals surface area contributed by atoms with Crippen LogP contribution in [0.15, 0.2) is 0 Å². The minimum Gasteiger partial charge on any atom is -0.0888 e. The fourth-order valence-corrected chi connectivity index (χ4v) is 2.52. The zero-order valence-corrected chi connectivity index (χ0v) is 12.8. The molecule has 105 valence electrons. The van der Waals surface area contributed by atoms with Gasteiger partial charge in [0.2, 0.25) is 0 Å². The van der Waals surface area contributed by atoms with Crippen molar-refractivity contribution in [3.05, 3.63) is 6.42 Å². The molecule has 1 unspecified atom stereocenters. The molecule has 0 amide bonds. The molecule has 0 aliphatic heterocycles. The minimum atomic E-state index is 0.719. The van der Waals surface area contributed by atoms with Crippen LogP contribution in [0, 0.1) is 18.3 Å². The summed E-state index contributed by atoms with van der Waals surface area (Å²) in [6, 6.07) is 0. The van der Waals surface area contributed by atoms with E-state index in [2.05, 4.69) is 19.8 Å². The van der Waals surface area contributed by atoms with Crippen LogP contribution in [0.1, 0.15) is 97.3 Å². The first-order chi connectivity index (χ1) is 8.85. The third kappa shape index (κ3) is 12.0. The first kappa shape index (κ1) is 17.6. The average molecular weight is 249 g/mol. The van der Waals surface area contributed by atoms with Gasteiger partial charge in [-0.3, -0.25) is 0 Å². The van der Waals surface area contributed by atoms with Crippen LogP contribution in [0.25, 0.3) is 0 Å². The van der Waals surface area contributed by atoms with E-state index in [1.807, 2.05) is 0 Å². The highest BCUT2D eigenvalue weighted by molar-refractivity contribution is 4.79. The maximum atomic E-state index is 7.03. The minimum absolute atomic E-state index is 0.719. The van der Waals surface area contributed by atoms with Crippen LogP contribution in [0.5, 0.6) is 0 Å². The van der Waals surface area contributed by atoms with Gasteiger partial charge in [0.25, 0.3) is 0 Å². The molecule has 1 radical (unpaired) electrons. The molecule has 0 nitrogen and oxygen atoms in total. The average Bonchev–Trinajstić information content (AvgIpc) is 2.39. The number of rotatable bonds is 13. The van der Waals surface area contributed by atoms with Crippen LogP contribution >= 0.6 is 0 Å². The lowest BCUT2D eigenvalue weighted by Crippen LogP contribution is -1.97. The van der Waals surface area contributed by atoms with Crippen LogP contribution in [0.3, 0.4) is 0 Å². The maximum absolute atomic E-state index is 7.03. The largest absolute Gasteiger partial charge is 0.0888 e. The summed E-state index contributed by atoms with van der Waals surface area (Å²) in [5, 5.41) is 0. The van der Waals surface area contributed by atoms with Gasteiger partial charge in [0.1, 0.15) is 0 Å². The van der Waals surface area contributed by atoms with E-state index >= 15 is 0 Å². The lowest BCUT2D eigenvalue weighted by Gasteiger charge is -2.10. The van der Waals surface area contributed by atoms with Gasteiger partial charge < -0.3 is 0 Å². The van der Waals surface area contributed by atoms with Gasteiger partial charge in [-0.1, -0.05) is 90.4 Å². The standard InChI is InChI=1S/C18H33/c1-4-7-8-9-10-11-12-13-14-15-17-18(6-3)16-5-2/h18H,4,6-17H2,1,3H3. The molecule has 0 aromatic carbocycles. The van der Waals surface area contributed by atoms with Crippen LogP contribution in [-0.2, 0) is 0 Å². The molecule has 0 aliphatic carbocycles. The second-order valence-electron chi connectivity index (χ2n) is 5.63. The molecule has 0 saturated heterocycles. The molecule has 0 rings (SSSR count). The van der Waals surface area contributed by atoms with E-state index in [4.69, 9.17) is 6.42 Å². The van der Waals surface area contributed by atoms with Crippen molar-refractivity contribution in [2.24, 2.45) is 5.92 Å². The quantitative estimate of drug-likeness (QED) is 0.265. The lowest BCUT2D eigenvalue weighted by atomic mass is 9.95. The van der Waals surface area contributed by atoms with E-state index in [9.17, 15) is 0 Å². The molecular weight excluding hydrogens is 216 g/mol. The van der Waals surface area contributed by atoms with Gasteiger partial charge in [0, 0.05) is 6.42 Å². The SMILES string of the molecule is [C]#CCC(CC)CCCCCCCCCCCC. The number of hydrogen-bond acceptors (Lipinski definition) is 0. The van der Waals surface area contributed by atoms with Crippen LogP contribution < -0.4 is 0 Å². The van der Waals surface area contributed by atoms with Crippen molar-refractivity contribution in [2.45, 2.75) is 97.3 Å². The van der Waals surface area contributed by atoms with Crippen LogP contribution in [-0.4, -0.2) is 0 Å². The molecular formula is C18H33. The Hall–Kier alpha value is -0.440. The predicted molar refractivity (Wildman–Crippen MR) is 82.0 cm³/mol. The van der Waals surface area contributed by atoms with E-state index < -0.39 is 0 Å². The van der Waals surface area contributed by atoms with Crippen molar-refractivity contribution >= 4 is 0 Å². The molecule has 0 aliphatic rings. The van der Waals surface area contributed by atoms with Gasteiger partial charge >= 0.3 is 0 Å². The summed E-state index contributed by atoms with van der Waals surface area (Å²) < 4.78 is 0. The highest BCUT2D eigenvalue weighted by atomic mass is 14.1. The summed E-state index contributed by atoms with van der Waals surface area (Å²) in [5.41, 5.74) is 0. The molecule has 18 heavy (non-hydrogen) atoms. The van der Waals surface area contributed by atoms with E-state index in [1.54, 1.807) is 0 Å². The van der Waals surface area contributed by atoms with Gasteiger partial charge in [0.05, 0.1) is 0 Å². The van der Waals surface area contributed by atoms with Crippen molar-refractivity contribution in [3.63, 3.8) is 0 Å². The second kappa shape index (κ2) is 14.6. The lowest BCUT2D eigenvalue weighted by molar-refractivity contribution is 0.445. The third-order valence-corrected chi connectivity index (χ3v) is 3.93. The highest BCUT2D eigenvalue weighted by Gasteiger charge is 2.03. The normalized spacial score (nSPS) is 12.3. The van der Waals surface area contributed by atoms with Crippen molar-refractivity contribution in [1.29, 1.82) is 0 Å². The fraction of sp³-hybridized carbons (Fsp3) is 0.889. The molecule has 0 aromatic rings. The summed E-state index contributed by atoms with van der Waals surface area (Å²) in [6.07, 6.45) is 24.5. The predicted octanol–water partition coefficient (Wildman–Crippen LogP) is 6.30. The molecule has 0 bridgehead atoms. The van der Waals surface area contributed by atoms with Crippen molar-refractivity contribution in [3.8, 4) is 5.92 Å². The molecule has 0 heteroatoms. The Morgan fingerprint density at radius 1 is 0.778 bits per heavy atom. The Morgan fingerprint density at radius 2 is 1.28 bits per heavy atom. The van der Waals surface area contributed by atoms with Crippen molar-refractivity contribution in [1.82, 2.24) is 0 Å². The third-order valence-electron chi connectivity index (χ3n) is 3.93. The molecule has 0 heterocycles. The van der Waals surface area contributed by atoms with Crippen molar-refractivity contribution in [2.75, 3.05) is 0 Å². The summed E-state index contributed by atoms with van der Waals surface area (Å²) >= 11 is 0. The fourth-order valence-electron chi connectivity index (χ4n) is 2.52. The summed E-state index contributed by atoms with van der Waals surface area (Å²) in [5.74, 6) is 3.27. The van der Waals surface area contributed by atoms with Gasteiger partial charge in [-0.2, -0.15) is 0 Å². The second-order valence-corrected chi connectivity index (χ2v) is 5.63. The Labute approximate surface area is 116 Å². The first-order valence-corrected chi connectivity index (χ1v) is 8.24. The zero-order chi connectivity index (χ0) is 13.5. The highest BCUT2D eigenvalue weighted by Crippen LogP contribution is 2.18. The molecule has 0 aromatic heterocycles. The molecule has 0 fully saturated rings. The van der Waals surface area contributed by atoms with Gasteiger partial charge in [-0.15, -0.1) is 0 Å². The van der Waals surface area contributed by atoms with E-state index in [0.717, 1.165) is 12.3 Å². The van der Waals surface area contributed by atoms with Crippen LogP contribution in [0.4, 0.5) is 0 Å². The van der Waals surface area contributed by atoms with E-state index in [0.29, 0.717) is 0 Å². The maximum Gasteiger partial charge on any atom is 0.0127 e. The molecule has 1 atom stereocenters. The van der Waals surface area contributed by atoms with Crippen molar-refractivity contribution < 1.29 is 0 Å². The first-order valence-electron chi connectivity index (χ1n) is 8.24. The van der Waals surface area contributed by atoms with Gasteiger partial charge in [-0.25, -0.2) is 0 Å². The summed E-state index contributed by atoms with van der Waals surface area (Å²) in [6.45, 7) is 4.51. The smallest absolute Gasteiger partial charge is 0.0127 e. The number of hydrogen-bond donors (Lipinski definition) is 0. The molecule has 0 saturated carbocycles. The number of unbranched alkanes of at least 4 members (excludes halogenated alkanes) is 9. The topological polar surface area (TPSA) is 0 Å². The monoisotopic (exact) mass is 249 g/mol. The zero-order valence-electron chi connectivity index (χ0n) is 12.8. The Balaban J connectivity index is 3.13. The van der Waals surface area contributed by atoms with E-state index in [-0.39, 0.29) is 0 Å². The van der Waals surface area contributed by atoms with E-state index in [1.165, 1.54) is 77.0 Å². The van der Waals surface area contributed by atoms with Gasteiger partial charge in [-0.05, 0) is 18.8 Å².